The molecule has 9 nitrogen and oxygen atoms in total. The van der Waals surface area contributed by atoms with Crippen molar-refractivity contribution in [3.63, 3.8) is 0 Å². The van der Waals surface area contributed by atoms with Crippen molar-refractivity contribution in [2.24, 2.45) is 0 Å². The van der Waals surface area contributed by atoms with Crippen LogP contribution in [0, 0.1) is 4.64 Å². The van der Waals surface area contributed by atoms with Crippen LogP contribution in [0.2, 0.25) is 0 Å². The molecule has 0 unspecified atom stereocenters. The van der Waals surface area contributed by atoms with E-state index >= 15 is 0 Å². The van der Waals surface area contributed by atoms with E-state index < -0.39 is 0 Å². The van der Waals surface area contributed by atoms with Gasteiger partial charge in [0.1, 0.15) is 29.4 Å². The van der Waals surface area contributed by atoms with Crippen molar-refractivity contribution >= 4 is 50.6 Å². The molecule has 0 aliphatic carbocycles. The molecule has 4 heterocycles. The highest BCUT2D eigenvalue weighted by Gasteiger charge is 2.22. The summed E-state index contributed by atoms with van der Waals surface area (Å²) >= 11 is 6.36. The first-order valence-electron chi connectivity index (χ1n) is 14.4. The number of piperidine rings is 1. The SMILES string of the molecule is O=C(c1ccc(OCCN2CCCCC2)cc1)c1c(-c2ccc(O)cc2)sc2cc(O)ccc12.S=c1nc[nH]c2nc[nH]c12. The van der Waals surface area contributed by atoms with Gasteiger partial charge in [0.25, 0.3) is 0 Å². The van der Waals surface area contributed by atoms with Crippen molar-refractivity contribution in [2.75, 3.05) is 26.2 Å². The molecule has 0 bridgehead atoms. The molecule has 3 aromatic carbocycles. The number of aromatic hydroxyl groups is 2. The number of aromatic amines is 2. The molecule has 0 spiro atoms. The fraction of sp³-hybridized carbons (Fsp3) is 0.212. The van der Waals surface area contributed by atoms with E-state index in [-0.39, 0.29) is 17.3 Å². The van der Waals surface area contributed by atoms with E-state index in [4.69, 9.17) is 17.0 Å². The number of imidazole rings is 1. The van der Waals surface area contributed by atoms with Gasteiger partial charge in [0.05, 0.1) is 12.7 Å². The Morgan fingerprint density at radius 2 is 1.64 bits per heavy atom. The maximum atomic E-state index is 13.6. The number of thiophene rings is 1. The van der Waals surface area contributed by atoms with Gasteiger partial charge in [0.2, 0.25) is 0 Å². The lowest BCUT2D eigenvalue weighted by atomic mass is 9.97. The molecule has 1 aliphatic rings. The Bertz CT molecular complexity index is 1940. The topological polar surface area (TPSA) is 127 Å². The number of ketones is 1. The average molecular weight is 626 g/mol. The van der Waals surface area contributed by atoms with Crippen LogP contribution in [-0.2, 0) is 0 Å². The molecule has 1 aliphatic heterocycles. The van der Waals surface area contributed by atoms with Crippen LogP contribution >= 0.6 is 23.6 Å². The van der Waals surface area contributed by atoms with Crippen molar-refractivity contribution in [1.29, 1.82) is 0 Å². The number of likely N-dealkylation sites (tertiary alicyclic amines) is 1. The Morgan fingerprint density at radius 1 is 0.909 bits per heavy atom. The zero-order valence-corrected chi connectivity index (χ0v) is 25.5. The summed E-state index contributed by atoms with van der Waals surface area (Å²) in [6.45, 7) is 3.85. The molecule has 0 amide bonds. The predicted molar refractivity (Wildman–Crippen MR) is 175 cm³/mol. The number of carbonyl (C=O) groups excluding carboxylic acids is 1. The Labute approximate surface area is 262 Å². The highest BCUT2D eigenvalue weighted by molar-refractivity contribution is 7.71. The third-order valence-electron chi connectivity index (χ3n) is 7.51. The summed E-state index contributed by atoms with van der Waals surface area (Å²) in [6, 6.07) is 19.2. The molecule has 0 saturated carbocycles. The molecular weight excluding hydrogens is 595 g/mol. The fourth-order valence-corrected chi connectivity index (χ4v) is 6.68. The molecule has 0 atom stereocenters. The first-order valence-corrected chi connectivity index (χ1v) is 15.6. The number of phenols is 2. The Morgan fingerprint density at radius 3 is 2.39 bits per heavy atom. The lowest BCUT2D eigenvalue weighted by Crippen LogP contribution is -2.33. The van der Waals surface area contributed by atoms with Crippen LogP contribution in [0.1, 0.15) is 35.2 Å². The van der Waals surface area contributed by atoms with Gasteiger partial charge < -0.3 is 24.9 Å². The predicted octanol–water partition coefficient (Wildman–Crippen LogP) is 7.09. The number of nitrogens with one attached hydrogen (secondary N) is 2. The van der Waals surface area contributed by atoms with Crippen LogP contribution in [0.15, 0.2) is 79.4 Å². The van der Waals surface area contributed by atoms with E-state index in [2.05, 4.69) is 24.8 Å². The first-order chi connectivity index (χ1) is 21.5. The largest absolute Gasteiger partial charge is 0.508 e. The molecule has 6 aromatic rings. The number of hydrogen-bond acceptors (Lipinski definition) is 9. The quantitative estimate of drug-likeness (QED) is 0.109. The number of aromatic nitrogens is 4. The summed E-state index contributed by atoms with van der Waals surface area (Å²) in [6.07, 6.45) is 6.96. The van der Waals surface area contributed by atoms with E-state index in [9.17, 15) is 15.0 Å². The number of rotatable bonds is 7. The minimum atomic E-state index is -0.0834. The van der Waals surface area contributed by atoms with Crippen LogP contribution in [0.4, 0.5) is 0 Å². The van der Waals surface area contributed by atoms with Gasteiger partial charge in [0, 0.05) is 32.6 Å². The van der Waals surface area contributed by atoms with Gasteiger partial charge in [-0.05, 0) is 98.2 Å². The number of carbonyl (C=O) groups is 1. The minimum Gasteiger partial charge on any atom is -0.508 e. The second-order valence-electron chi connectivity index (χ2n) is 10.5. The average Bonchev–Trinajstić information content (AvgIpc) is 3.68. The second kappa shape index (κ2) is 13.4. The summed E-state index contributed by atoms with van der Waals surface area (Å²) in [5, 5.41) is 20.4. The van der Waals surface area contributed by atoms with Gasteiger partial charge in [-0.1, -0.05) is 18.6 Å². The molecule has 3 aromatic heterocycles. The summed E-state index contributed by atoms with van der Waals surface area (Å²) in [5.41, 5.74) is 3.57. The molecule has 7 rings (SSSR count). The highest BCUT2D eigenvalue weighted by Crippen LogP contribution is 2.41. The lowest BCUT2D eigenvalue weighted by Gasteiger charge is -2.26. The number of phenolic OH excluding ortho intramolecular Hbond substituents is 2. The monoisotopic (exact) mass is 625 g/mol. The number of nitrogens with zero attached hydrogens (tertiary/aromatic N) is 3. The van der Waals surface area contributed by atoms with E-state index in [1.54, 1.807) is 48.8 Å². The maximum absolute atomic E-state index is 13.6. The lowest BCUT2D eigenvalue weighted by molar-refractivity contribution is 0.104. The second-order valence-corrected chi connectivity index (χ2v) is 11.9. The molecule has 44 heavy (non-hydrogen) atoms. The van der Waals surface area contributed by atoms with Crippen LogP contribution in [0.3, 0.4) is 0 Å². The molecular formula is C33H31N5O4S2. The van der Waals surface area contributed by atoms with Crippen molar-refractivity contribution in [3.8, 4) is 27.7 Å². The van der Waals surface area contributed by atoms with Gasteiger partial charge in [-0.25, -0.2) is 9.97 Å². The number of hydrogen-bond donors (Lipinski definition) is 4. The molecule has 4 N–H and O–H groups in total. The van der Waals surface area contributed by atoms with Gasteiger partial charge in [-0.2, -0.15) is 0 Å². The zero-order valence-electron chi connectivity index (χ0n) is 23.8. The van der Waals surface area contributed by atoms with Gasteiger partial charge in [0.15, 0.2) is 16.1 Å². The van der Waals surface area contributed by atoms with E-state index in [1.807, 2.05) is 24.3 Å². The van der Waals surface area contributed by atoms with E-state index in [0.717, 1.165) is 57.1 Å². The Hall–Kier alpha value is -4.58. The van der Waals surface area contributed by atoms with Gasteiger partial charge >= 0.3 is 0 Å². The van der Waals surface area contributed by atoms with Crippen LogP contribution in [-0.4, -0.2) is 67.1 Å². The van der Waals surface area contributed by atoms with Crippen LogP contribution in [0.5, 0.6) is 17.2 Å². The third-order valence-corrected chi connectivity index (χ3v) is 9.02. The van der Waals surface area contributed by atoms with Crippen LogP contribution in [0.25, 0.3) is 31.7 Å². The highest BCUT2D eigenvalue weighted by atomic mass is 32.1. The minimum absolute atomic E-state index is 0.0834. The van der Waals surface area contributed by atoms with Crippen molar-refractivity contribution in [2.45, 2.75) is 19.3 Å². The summed E-state index contributed by atoms with van der Waals surface area (Å²) < 4.78 is 7.30. The van der Waals surface area contributed by atoms with Crippen molar-refractivity contribution < 1.29 is 19.7 Å². The molecule has 11 heteroatoms. The molecule has 224 valence electrons. The van der Waals surface area contributed by atoms with Crippen molar-refractivity contribution in [3.05, 3.63) is 95.2 Å². The third kappa shape index (κ3) is 6.65. The summed E-state index contributed by atoms with van der Waals surface area (Å²) in [5.74, 6) is 1.01. The Balaban J connectivity index is 0.000000289. The first kappa shape index (κ1) is 29.5. The van der Waals surface area contributed by atoms with E-state index in [1.165, 1.54) is 36.9 Å². The number of H-pyrrole nitrogens is 2. The number of fused-ring (bicyclic) bond motifs is 2. The van der Waals surface area contributed by atoms with Gasteiger partial charge in [-0.15, -0.1) is 11.3 Å². The number of benzene rings is 3. The van der Waals surface area contributed by atoms with E-state index in [0.29, 0.717) is 22.4 Å². The van der Waals surface area contributed by atoms with Crippen LogP contribution < -0.4 is 4.74 Å². The number of ether oxygens (including phenoxy) is 1. The molecule has 1 saturated heterocycles. The fourth-order valence-electron chi connectivity index (χ4n) is 5.23. The molecule has 1 fully saturated rings. The summed E-state index contributed by atoms with van der Waals surface area (Å²) in [7, 11) is 0. The normalized spacial score (nSPS) is 13.5. The van der Waals surface area contributed by atoms with Crippen molar-refractivity contribution in [1.82, 2.24) is 24.8 Å². The standard InChI is InChI=1S/C28H27NO4S.C5H4N4S/c30-21-8-4-20(5-9-21)28-26(24-13-10-22(31)18-25(24)34-28)27(32)19-6-11-23(12-7-19)33-17-16-29-14-2-1-3-15-29;10-5-3-4(7-1-6-3)8-2-9-5/h4-13,18,30-31H,1-3,14-17H2;1-2H,(H2,6,7,8,9,10). The summed E-state index contributed by atoms with van der Waals surface area (Å²) in [4.78, 5) is 30.5. The molecule has 0 radical (unpaired) electrons. The maximum Gasteiger partial charge on any atom is 0.195 e. The zero-order chi connectivity index (χ0) is 30.5. The smallest absolute Gasteiger partial charge is 0.195 e. The van der Waals surface area contributed by atoms with Gasteiger partial charge in [-0.3, -0.25) is 9.69 Å². The Kier molecular flexibility index (Phi) is 8.96.